The molecule has 1 fully saturated rings. The van der Waals surface area contributed by atoms with Crippen LogP contribution in [0.25, 0.3) is 0 Å². The molecule has 0 spiro atoms. The monoisotopic (exact) mass is 525 g/mol. The molecule has 9 heteroatoms. The van der Waals surface area contributed by atoms with E-state index < -0.39 is 22.5 Å². The summed E-state index contributed by atoms with van der Waals surface area (Å²) in [7, 11) is -4.03. The van der Waals surface area contributed by atoms with E-state index in [2.05, 4.69) is 5.32 Å². The first-order chi connectivity index (χ1) is 17.3. The van der Waals surface area contributed by atoms with Crippen LogP contribution in [0, 0.1) is 6.92 Å². The van der Waals surface area contributed by atoms with E-state index in [1.165, 1.54) is 12.1 Å². The van der Waals surface area contributed by atoms with E-state index in [1.54, 1.807) is 43.3 Å². The highest BCUT2D eigenvalue weighted by molar-refractivity contribution is 7.92. The van der Waals surface area contributed by atoms with Crippen LogP contribution in [-0.4, -0.2) is 38.2 Å². The number of anilines is 1. The number of rotatable bonds is 9. The van der Waals surface area contributed by atoms with Crippen molar-refractivity contribution in [2.45, 2.75) is 37.8 Å². The SMILES string of the molecule is Cc1ccc(Cl)cc1N(CC(=O)NCc1ccccc1CN1CCCC1=O)S(=O)(=O)c1ccccc1. The van der Waals surface area contributed by atoms with Crippen molar-refractivity contribution >= 4 is 39.1 Å². The quantitative estimate of drug-likeness (QED) is 0.451. The topological polar surface area (TPSA) is 86.8 Å². The van der Waals surface area contributed by atoms with Crippen molar-refractivity contribution in [2.24, 2.45) is 0 Å². The number of halogens is 1. The lowest BCUT2D eigenvalue weighted by Gasteiger charge is -2.26. The molecule has 1 saturated heterocycles. The van der Waals surface area contributed by atoms with Crippen LogP contribution in [0.3, 0.4) is 0 Å². The van der Waals surface area contributed by atoms with Gasteiger partial charge in [-0.1, -0.05) is 60.1 Å². The third kappa shape index (κ3) is 5.88. The van der Waals surface area contributed by atoms with E-state index in [-0.39, 0.29) is 17.3 Å². The molecule has 0 unspecified atom stereocenters. The average molecular weight is 526 g/mol. The Hall–Kier alpha value is -3.36. The summed E-state index contributed by atoms with van der Waals surface area (Å²) in [6, 6.07) is 20.6. The number of carbonyl (C=O) groups excluding carboxylic acids is 2. The molecule has 3 aromatic carbocycles. The van der Waals surface area contributed by atoms with Gasteiger partial charge in [0.2, 0.25) is 11.8 Å². The molecule has 1 N–H and O–H groups in total. The fourth-order valence-corrected chi connectivity index (χ4v) is 5.88. The van der Waals surface area contributed by atoms with Crippen LogP contribution in [0.15, 0.2) is 77.7 Å². The lowest BCUT2D eigenvalue weighted by atomic mass is 10.1. The van der Waals surface area contributed by atoms with E-state index in [1.807, 2.05) is 29.2 Å². The molecule has 0 aliphatic carbocycles. The van der Waals surface area contributed by atoms with Crippen molar-refractivity contribution in [3.05, 3.63) is 94.5 Å². The van der Waals surface area contributed by atoms with Gasteiger partial charge in [0.15, 0.2) is 0 Å². The first-order valence-electron chi connectivity index (χ1n) is 11.7. The van der Waals surface area contributed by atoms with Gasteiger partial charge < -0.3 is 10.2 Å². The van der Waals surface area contributed by atoms with Gasteiger partial charge in [-0.25, -0.2) is 8.42 Å². The molecular weight excluding hydrogens is 498 g/mol. The Bertz CT molecular complexity index is 1360. The third-order valence-corrected chi connectivity index (χ3v) is 8.19. The molecule has 188 valence electrons. The average Bonchev–Trinajstić information content (AvgIpc) is 3.28. The van der Waals surface area contributed by atoms with Gasteiger partial charge in [0.25, 0.3) is 10.0 Å². The number of likely N-dealkylation sites (tertiary alicyclic amines) is 1. The zero-order valence-corrected chi connectivity index (χ0v) is 21.6. The molecule has 4 rings (SSSR count). The molecule has 3 aromatic rings. The van der Waals surface area contributed by atoms with Crippen LogP contribution in [0.2, 0.25) is 5.02 Å². The summed E-state index contributed by atoms with van der Waals surface area (Å²) in [6.07, 6.45) is 1.42. The van der Waals surface area contributed by atoms with Crippen molar-refractivity contribution in [2.75, 3.05) is 17.4 Å². The van der Waals surface area contributed by atoms with Crippen molar-refractivity contribution in [3.63, 3.8) is 0 Å². The van der Waals surface area contributed by atoms with Crippen LogP contribution < -0.4 is 9.62 Å². The highest BCUT2D eigenvalue weighted by Gasteiger charge is 2.28. The van der Waals surface area contributed by atoms with E-state index in [0.717, 1.165) is 28.4 Å². The normalized spacial score (nSPS) is 13.6. The number of sulfonamides is 1. The summed E-state index contributed by atoms with van der Waals surface area (Å²) in [5.41, 5.74) is 2.84. The lowest BCUT2D eigenvalue weighted by molar-refractivity contribution is -0.128. The van der Waals surface area contributed by atoms with Crippen LogP contribution in [-0.2, 0) is 32.7 Å². The summed E-state index contributed by atoms with van der Waals surface area (Å²) in [6.45, 7) is 2.79. The largest absolute Gasteiger partial charge is 0.350 e. The highest BCUT2D eigenvalue weighted by atomic mass is 35.5. The van der Waals surface area contributed by atoms with Crippen molar-refractivity contribution in [1.82, 2.24) is 10.2 Å². The standard InChI is InChI=1S/C27H28ClN3O4S/c1-20-13-14-23(28)16-25(20)31(36(34,35)24-10-3-2-4-11-24)19-26(32)29-17-21-8-5-6-9-22(21)18-30-15-7-12-27(30)33/h2-6,8-11,13-14,16H,7,12,15,17-19H2,1H3,(H,29,32). The van der Waals surface area contributed by atoms with E-state index >= 15 is 0 Å². The number of benzene rings is 3. The number of amides is 2. The minimum Gasteiger partial charge on any atom is -0.350 e. The fourth-order valence-electron chi connectivity index (χ4n) is 4.21. The minimum atomic E-state index is -4.03. The van der Waals surface area contributed by atoms with Gasteiger partial charge in [0.05, 0.1) is 10.6 Å². The Labute approximate surface area is 216 Å². The minimum absolute atomic E-state index is 0.0813. The van der Waals surface area contributed by atoms with Crippen molar-refractivity contribution < 1.29 is 18.0 Å². The summed E-state index contributed by atoms with van der Waals surface area (Å²) in [5.74, 6) is -0.326. The van der Waals surface area contributed by atoms with Crippen molar-refractivity contribution in [1.29, 1.82) is 0 Å². The maximum Gasteiger partial charge on any atom is 0.264 e. The van der Waals surface area contributed by atoms with Gasteiger partial charge in [-0.3, -0.25) is 13.9 Å². The highest BCUT2D eigenvalue weighted by Crippen LogP contribution is 2.29. The number of hydrogen-bond donors (Lipinski definition) is 1. The number of hydrogen-bond acceptors (Lipinski definition) is 4. The van der Waals surface area contributed by atoms with Gasteiger partial charge in [0.1, 0.15) is 6.54 Å². The number of nitrogens with zero attached hydrogens (tertiary/aromatic N) is 2. The van der Waals surface area contributed by atoms with Gasteiger partial charge in [-0.2, -0.15) is 0 Å². The summed E-state index contributed by atoms with van der Waals surface area (Å²) in [4.78, 5) is 27.0. The molecule has 0 radical (unpaired) electrons. The van der Waals surface area contributed by atoms with E-state index in [9.17, 15) is 18.0 Å². The zero-order valence-electron chi connectivity index (χ0n) is 20.0. The second kappa shape index (κ2) is 11.1. The fraction of sp³-hybridized carbons (Fsp3) is 0.259. The second-order valence-electron chi connectivity index (χ2n) is 8.72. The Kier molecular flexibility index (Phi) is 7.96. The zero-order chi connectivity index (χ0) is 25.7. The molecule has 0 atom stereocenters. The molecule has 1 aliphatic heterocycles. The number of nitrogens with one attached hydrogen (secondary N) is 1. The molecule has 0 saturated carbocycles. The summed E-state index contributed by atoms with van der Waals surface area (Å²) < 4.78 is 28.2. The van der Waals surface area contributed by atoms with Crippen LogP contribution >= 0.6 is 11.6 Å². The lowest BCUT2D eigenvalue weighted by Crippen LogP contribution is -2.41. The Balaban J connectivity index is 1.54. The summed E-state index contributed by atoms with van der Waals surface area (Å²) in [5, 5.41) is 3.22. The maximum atomic E-state index is 13.5. The smallest absolute Gasteiger partial charge is 0.264 e. The molecule has 36 heavy (non-hydrogen) atoms. The molecule has 7 nitrogen and oxygen atoms in total. The number of aryl methyl sites for hydroxylation is 1. The number of carbonyl (C=O) groups is 2. The van der Waals surface area contributed by atoms with Crippen LogP contribution in [0.5, 0.6) is 0 Å². The van der Waals surface area contributed by atoms with Gasteiger partial charge in [-0.05, 0) is 54.3 Å². The summed E-state index contributed by atoms with van der Waals surface area (Å²) >= 11 is 6.18. The molecule has 1 heterocycles. The molecule has 1 aliphatic rings. The maximum absolute atomic E-state index is 13.5. The van der Waals surface area contributed by atoms with Gasteiger partial charge in [-0.15, -0.1) is 0 Å². The molecule has 2 amide bonds. The molecule has 0 aromatic heterocycles. The van der Waals surface area contributed by atoms with E-state index in [0.29, 0.717) is 29.2 Å². The van der Waals surface area contributed by atoms with Crippen LogP contribution in [0.4, 0.5) is 5.69 Å². The van der Waals surface area contributed by atoms with Gasteiger partial charge >= 0.3 is 0 Å². The first kappa shape index (κ1) is 25.7. The van der Waals surface area contributed by atoms with Crippen LogP contribution in [0.1, 0.15) is 29.5 Å². The van der Waals surface area contributed by atoms with Crippen molar-refractivity contribution in [3.8, 4) is 0 Å². The third-order valence-electron chi connectivity index (χ3n) is 6.19. The van der Waals surface area contributed by atoms with E-state index in [4.69, 9.17) is 11.6 Å². The Morgan fingerprint density at radius 3 is 2.42 bits per heavy atom. The first-order valence-corrected chi connectivity index (χ1v) is 13.5. The predicted molar refractivity (Wildman–Crippen MR) is 140 cm³/mol. The second-order valence-corrected chi connectivity index (χ2v) is 11.0. The van der Waals surface area contributed by atoms with Gasteiger partial charge in [0, 0.05) is 31.1 Å². The predicted octanol–water partition coefficient (Wildman–Crippen LogP) is 4.28. The molecule has 0 bridgehead atoms. The Morgan fingerprint density at radius 2 is 1.72 bits per heavy atom. The Morgan fingerprint density at radius 1 is 1.03 bits per heavy atom. The molecular formula is C27H28ClN3O4S.